The first-order chi connectivity index (χ1) is 9.01. The van der Waals surface area contributed by atoms with Crippen molar-refractivity contribution in [2.75, 3.05) is 13.2 Å². The number of ether oxygens (including phenoxy) is 1. The van der Waals surface area contributed by atoms with Gasteiger partial charge in [0.25, 0.3) is 0 Å². The van der Waals surface area contributed by atoms with Crippen molar-refractivity contribution in [1.29, 1.82) is 0 Å². The number of rotatable bonds is 7. The lowest BCUT2D eigenvalue weighted by molar-refractivity contribution is 0.129. The van der Waals surface area contributed by atoms with Crippen LogP contribution in [0.4, 0.5) is 0 Å². The first-order valence-corrected chi connectivity index (χ1v) is 6.82. The lowest BCUT2D eigenvalue weighted by Gasteiger charge is -2.21. The molecule has 0 aliphatic carbocycles. The van der Waals surface area contributed by atoms with Gasteiger partial charge < -0.3 is 20.7 Å². The average Bonchev–Trinajstić information content (AvgIpc) is 2.38. The topological polar surface area (TPSA) is 75.7 Å². The molecule has 1 rings (SSSR count). The first kappa shape index (κ1) is 16.0. The Morgan fingerprint density at radius 3 is 2.53 bits per heavy atom. The summed E-state index contributed by atoms with van der Waals surface area (Å²) in [6, 6.07) is 5.20. The van der Waals surface area contributed by atoms with Gasteiger partial charge in [0.1, 0.15) is 5.75 Å². The largest absolute Gasteiger partial charge is 0.494 e. The molecule has 2 atom stereocenters. The molecular weight excluding hydrogens is 242 g/mol. The molecule has 19 heavy (non-hydrogen) atoms. The molecule has 1 aromatic rings. The summed E-state index contributed by atoms with van der Waals surface area (Å²) in [5.41, 5.74) is 7.68. The number of aliphatic hydroxyl groups is 2. The Balaban J connectivity index is 3.00. The zero-order chi connectivity index (χ0) is 14.4. The molecule has 0 heterocycles. The van der Waals surface area contributed by atoms with Crippen LogP contribution in [0.3, 0.4) is 0 Å². The molecule has 0 aliphatic heterocycles. The summed E-state index contributed by atoms with van der Waals surface area (Å²) in [5.74, 6) is 1.16. The van der Waals surface area contributed by atoms with Crippen molar-refractivity contribution in [3.63, 3.8) is 0 Å². The van der Waals surface area contributed by atoms with E-state index in [1.165, 1.54) is 0 Å². The molecule has 0 bridgehead atoms. The van der Waals surface area contributed by atoms with Crippen molar-refractivity contribution >= 4 is 0 Å². The molecule has 0 saturated heterocycles. The van der Waals surface area contributed by atoms with Crippen LogP contribution in [-0.2, 0) is 0 Å². The van der Waals surface area contributed by atoms with Gasteiger partial charge in [0.15, 0.2) is 0 Å². The summed E-state index contributed by atoms with van der Waals surface area (Å²) in [7, 11) is 0. The van der Waals surface area contributed by atoms with E-state index < -0.39 is 12.1 Å². The fourth-order valence-corrected chi connectivity index (χ4v) is 2.04. The van der Waals surface area contributed by atoms with Crippen LogP contribution in [-0.4, -0.2) is 29.5 Å². The van der Waals surface area contributed by atoms with Gasteiger partial charge in [-0.15, -0.1) is 0 Å². The Kier molecular flexibility index (Phi) is 6.28. The Morgan fingerprint density at radius 2 is 2.00 bits per heavy atom. The van der Waals surface area contributed by atoms with Crippen LogP contribution < -0.4 is 10.5 Å². The van der Waals surface area contributed by atoms with Gasteiger partial charge in [0.2, 0.25) is 0 Å². The highest BCUT2D eigenvalue weighted by Crippen LogP contribution is 2.30. The van der Waals surface area contributed by atoms with Crippen molar-refractivity contribution in [2.45, 2.75) is 45.3 Å². The number of aliphatic hydroxyl groups excluding tert-OH is 2. The molecule has 0 amide bonds. The standard InChI is InChI=1S/C15H25NO3/c1-4-19-14-6-5-11(9-12(14)10(2)3)15(18)13(16)7-8-17/h5-6,9-10,13,15,17-18H,4,7-8,16H2,1-3H3. The van der Waals surface area contributed by atoms with E-state index in [1.54, 1.807) is 0 Å². The molecule has 0 saturated carbocycles. The maximum Gasteiger partial charge on any atom is 0.122 e. The quantitative estimate of drug-likeness (QED) is 0.706. The van der Waals surface area contributed by atoms with Crippen LogP contribution in [0.25, 0.3) is 0 Å². The molecular formula is C15H25NO3. The fourth-order valence-electron chi connectivity index (χ4n) is 2.04. The smallest absolute Gasteiger partial charge is 0.122 e. The van der Waals surface area contributed by atoms with Gasteiger partial charge in [-0.1, -0.05) is 19.9 Å². The maximum absolute atomic E-state index is 10.2. The van der Waals surface area contributed by atoms with E-state index in [0.717, 1.165) is 16.9 Å². The highest BCUT2D eigenvalue weighted by atomic mass is 16.5. The van der Waals surface area contributed by atoms with E-state index in [9.17, 15) is 5.11 Å². The third kappa shape index (κ3) is 4.20. The average molecular weight is 267 g/mol. The summed E-state index contributed by atoms with van der Waals surface area (Å²) in [6.07, 6.45) is -0.383. The highest BCUT2D eigenvalue weighted by molar-refractivity contribution is 5.40. The number of hydrogen-bond donors (Lipinski definition) is 3. The number of hydrogen-bond acceptors (Lipinski definition) is 4. The van der Waals surface area contributed by atoms with Crippen molar-refractivity contribution < 1.29 is 14.9 Å². The zero-order valence-electron chi connectivity index (χ0n) is 12.0. The van der Waals surface area contributed by atoms with Crippen LogP contribution in [0.5, 0.6) is 5.75 Å². The van der Waals surface area contributed by atoms with Crippen molar-refractivity contribution in [2.24, 2.45) is 5.73 Å². The molecule has 0 aliphatic rings. The van der Waals surface area contributed by atoms with Crippen LogP contribution in [0.1, 0.15) is 50.3 Å². The maximum atomic E-state index is 10.2. The Bertz CT molecular complexity index is 393. The number of nitrogens with two attached hydrogens (primary N) is 1. The van der Waals surface area contributed by atoms with E-state index in [0.29, 0.717) is 18.9 Å². The minimum absolute atomic E-state index is 0.0215. The monoisotopic (exact) mass is 267 g/mol. The Hall–Kier alpha value is -1.10. The molecule has 2 unspecified atom stereocenters. The lowest BCUT2D eigenvalue weighted by Crippen LogP contribution is -2.29. The Labute approximate surface area is 115 Å². The van der Waals surface area contributed by atoms with E-state index in [-0.39, 0.29) is 6.61 Å². The fraction of sp³-hybridized carbons (Fsp3) is 0.600. The van der Waals surface area contributed by atoms with Gasteiger partial charge in [-0.05, 0) is 42.5 Å². The Morgan fingerprint density at radius 1 is 1.32 bits per heavy atom. The second kappa shape index (κ2) is 7.48. The molecule has 4 nitrogen and oxygen atoms in total. The SMILES string of the molecule is CCOc1ccc(C(O)C(N)CCO)cc1C(C)C. The minimum atomic E-state index is -0.764. The van der Waals surface area contributed by atoms with E-state index in [1.807, 2.05) is 25.1 Å². The van der Waals surface area contributed by atoms with Gasteiger partial charge in [-0.2, -0.15) is 0 Å². The molecule has 0 fully saturated rings. The second-order valence-corrected chi connectivity index (χ2v) is 5.01. The number of benzene rings is 1. The summed E-state index contributed by atoms with van der Waals surface area (Å²) in [6.45, 7) is 6.71. The van der Waals surface area contributed by atoms with Gasteiger partial charge in [-0.3, -0.25) is 0 Å². The van der Waals surface area contributed by atoms with Crippen molar-refractivity contribution in [3.8, 4) is 5.75 Å². The van der Waals surface area contributed by atoms with Crippen LogP contribution in [0.2, 0.25) is 0 Å². The predicted octanol–water partition coefficient (Wildman–Crippen LogP) is 1.95. The summed E-state index contributed by atoms with van der Waals surface area (Å²) < 4.78 is 5.59. The molecule has 1 aromatic carbocycles. The van der Waals surface area contributed by atoms with Gasteiger partial charge >= 0.3 is 0 Å². The molecule has 0 aromatic heterocycles. The molecule has 0 radical (unpaired) electrons. The predicted molar refractivity (Wildman–Crippen MR) is 76.3 cm³/mol. The third-order valence-electron chi connectivity index (χ3n) is 3.17. The second-order valence-electron chi connectivity index (χ2n) is 5.01. The van der Waals surface area contributed by atoms with E-state index in [2.05, 4.69) is 13.8 Å². The van der Waals surface area contributed by atoms with Crippen LogP contribution in [0, 0.1) is 0 Å². The van der Waals surface area contributed by atoms with Crippen LogP contribution in [0.15, 0.2) is 18.2 Å². The minimum Gasteiger partial charge on any atom is -0.494 e. The van der Waals surface area contributed by atoms with Gasteiger partial charge in [0, 0.05) is 12.6 Å². The zero-order valence-corrected chi connectivity index (χ0v) is 12.0. The molecule has 4 N–H and O–H groups in total. The van der Waals surface area contributed by atoms with Gasteiger partial charge in [-0.25, -0.2) is 0 Å². The van der Waals surface area contributed by atoms with E-state index in [4.69, 9.17) is 15.6 Å². The summed E-state index contributed by atoms with van der Waals surface area (Å²) >= 11 is 0. The molecule has 108 valence electrons. The third-order valence-corrected chi connectivity index (χ3v) is 3.17. The summed E-state index contributed by atoms with van der Waals surface area (Å²) in [5, 5.41) is 19.0. The van der Waals surface area contributed by atoms with Crippen LogP contribution >= 0.6 is 0 Å². The first-order valence-electron chi connectivity index (χ1n) is 6.82. The lowest BCUT2D eigenvalue weighted by atomic mass is 9.94. The molecule has 4 heteroatoms. The van der Waals surface area contributed by atoms with E-state index >= 15 is 0 Å². The van der Waals surface area contributed by atoms with Gasteiger partial charge in [0.05, 0.1) is 12.7 Å². The normalized spacial score (nSPS) is 14.5. The highest BCUT2D eigenvalue weighted by Gasteiger charge is 2.18. The summed E-state index contributed by atoms with van der Waals surface area (Å²) in [4.78, 5) is 0. The van der Waals surface area contributed by atoms with Crippen molar-refractivity contribution in [1.82, 2.24) is 0 Å². The van der Waals surface area contributed by atoms with Crippen molar-refractivity contribution in [3.05, 3.63) is 29.3 Å². The molecule has 0 spiro atoms.